The van der Waals surface area contributed by atoms with E-state index in [1.807, 2.05) is 0 Å². The first-order chi connectivity index (χ1) is 7.00. The highest BCUT2D eigenvalue weighted by Gasteiger charge is 2.33. The molecule has 1 aliphatic rings. The molecule has 82 valence electrons. The van der Waals surface area contributed by atoms with Gasteiger partial charge in [-0.3, -0.25) is 0 Å². The lowest BCUT2D eigenvalue weighted by Gasteiger charge is -2.10. The molecule has 0 aromatic heterocycles. The predicted octanol–water partition coefficient (Wildman–Crippen LogP) is 3.08. The summed E-state index contributed by atoms with van der Waals surface area (Å²) in [6.45, 7) is -0.344. The zero-order chi connectivity index (χ0) is 11.1. The molecular weight excluding hydrogens is 205 g/mol. The van der Waals surface area contributed by atoms with Crippen molar-refractivity contribution >= 4 is 0 Å². The molecule has 2 rings (SSSR count). The molecular formula is C11H11F3O. The van der Waals surface area contributed by atoms with E-state index in [-0.39, 0.29) is 12.5 Å². The lowest BCUT2D eigenvalue weighted by molar-refractivity contribution is -0.137. The van der Waals surface area contributed by atoms with E-state index < -0.39 is 11.7 Å². The largest absolute Gasteiger partial charge is 0.416 e. The summed E-state index contributed by atoms with van der Waals surface area (Å²) in [6.07, 6.45) is -2.42. The van der Waals surface area contributed by atoms with Gasteiger partial charge in [-0.1, -0.05) is 6.07 Å². The number of aliphatic hydroxyl groups is 1. The van der Waals surface area contributed by atoms with E-state index in [2.05, 4.69) is 0 Å². The predicted molar refractivity (Wildman–Crippen MR) is 49.3 cm³/mol. The third kappa shape index (κ3) is 2.31. The lowest BCUT2D eigenvalue weighted by Crippen LogP contribution is -2.06. The maximum absolute atomic E-state index is 12.5. The van der Waals surface area contributed by atoms with Crippen LogP contribution in [0.15, 0.2) is 18.2 Å². The molecule has 0 amide bonds. The van der Waals surface area contributed by atoms with Crippen LogP contribution in [0, 0.1) is 0 Å². The van der Waals surface area contributed by atoms with Gasteiger partial charge in [0.1, 0.15) is 0 Å². The first kappa shape index (κ1) is 10.5. The Morgan fingerprint density at radius 3 is 2.33 bits per heavy atom. The van der Waals surface area contributed by atoms with Crippen molar-refractivity contribution in [1.29, 1.82) is 0 Å². The molecule has 0 spiro atoms. The second kappa shape index (κ2) is 3.52. The van der Waals surface area contributed by atoms with Crippen LogP contribution in [0.25, 0.3) is 0 Å². The minimum Gasteiger partial charge on any atom is -0.392 e. The molecule has 0 bridgehead atoms. The maximum atomic E-state index is 12.5. The van der Waals surface area contributed by atoms with Gasteiger partial charge in [0.25, 0.3) is 0 Å². The zero-order valence-corrected chi connectivity index (χ0v) is 8.01. The summed E-state index contributed by atoms with van der Waals surface area (Å²) in [5, 5.41) is 8.89. The van der Waals surface area contributed by atoms with Gasteiger partial charge in [-0.15, -0.1) is 0 Å². The van der Waals surface area contributed by atoms with Gasteiger partial charge in [-0.2, -0.15) is 13.2 Å². The van der Waals surface area contributed by atoms with Crippen LogP contribution in [0.1, 0.15) is 35.4 Å². The van der Waals surface area contributed by atoms with Crippen molar-refractivity contribution in [1.82, 2.24) is 0 Å². The van der Waals surface area contributed by atoms with Crippen LogP contribution < -0.4 is 0 Å². The van der Waals surface area contributed by atoms with E-state index in [4.69, 9.17) is 5.11 Å². The summed E-state index contributed by atoms with van der Waals surface area (Å²) >= 11 is 0. The summed E-state index contributed by atoms with van der Waals surface area (Å²) in [4.78, 5) is 0. The van der Waals surface area contributed by atoms with Gasteiger partial charge in [0.15, 0.2) is 0 Å². The second-order valence-electron chi connectivity index (χ2n) is 3.89. The summed E-state index contributed by atoms with van der Waals surface area (Å²) in [6, 6.07) is 3.86. The van der Waals surface area contributed by atoms with Crippen LogP contribution >= 0.6 is 0 Å². The van der Waals surface area contributed by atoms with E-state index >= 15 is 0 Å². The van der Waals surface area contributed by atoms with Crippen molar-refractivity contribution in [2.24, 2.45) is 0 Å². The number of halogens is 3. The second-order valence-corrected chi connectivity index (χ2v) is 3.89. The van der Waals surface area contributed by atoms with Crippen LogP contribution in [-0.4, -0.2) is 5.11 Å². The fraction of sp³-hybridized carbons (Fsp3) is 0.455. The summed E-state index contributed by atoms with van der Waals surface area (Å²) < 4.78 is 37.5. The van der Waals surface area contributed by atoms with Gasteiger partial charge in [0.2, 0.25) is 0 Å². The topological polar surface area (TPSA) is 20.2 Å². The number of benzene rings is 1. The highest BCUT2D eigenvalue weighted by molar-refractivity contribution is 5.35. The third-order valence-corrected chi connectivity index (χ3v) is 2.57. The Balaban J connectivity index is 2.41. The minimum atomic E-state index is -4.32. The molecule has 1 nitrogen and oxygen atoms in total. The van der Waals surface area contributed by atoms with Crippen LogP contribution in [0.5, 0.6) is 0 Å². The Bertz CT molecular complexity index is 367. The molecule has 0 aliphatic heterocycles. The molecule has 4 heteroatoms. The standard InChI is InChI=1S/C11H11F3O/c12-11(13,14)10-4-7(6-15)3-9(5-10)8-1-2-8/h3-5,8,15H,1-2,6H2. The van der Waals surface area contributed by atoms with E-state index in [9.17, 15) is 13.2 Å². The number of aliphatic hydroxyl groups excluding tert-OH is 1. The molecule has 15 heavy (non-hydrogen) atoms. The highest BCUT2D eigenvalue weighted by Crippen LogP contribution is 2.42. The SMILES string of the molecule is OCc1cc(C2CC2)cc(C(F)(F)F)c1. The Labute approximate surface area is 85.5 Å². The Kier molecular flexibility index (Phi) is 2.46. The zero-order valence-electron chi connectivity index (χ0n) is 8.01. The van der Waals surface area contributed by atoms with E-state index in [1.165, 1.54) is 6.07 Å². The van der Waals surface area contributed by atoms with E-state index in [0.717, 1.165) is 18.9 Å². The molecule has 1 saturated carbocycles. The van der Waals surface area contributed by atoms with Gasteiger partial charge >= 0.3 is 6.18 Å². The number of rotatable bonds is 2. The number of hydrogen-bond acceptors (Lipinski definition) is 1. The molecule has 1 N–H and O–H groups in total. The third-order valence-electron chi connectivity index (χ3n) is 2.57. The van der Waals surface area contributed by atoms with Crippen LogP contribution in [0.2, 0.25) is 0 Å². The molecule has 1 aromatic rings. The van der Waals surface area contributed by atoms with Gasteiger partial charge in [-0.05, 0) is 42.0 Å². The summed E-state index contributed by atoms with van der Waals surface area (Å²) in [5.41, 5.74) is 0.386. The first-order valence-electron chi connectivity index (χ1n) is 4.82. The highest BCUT2D eigenvalue weighted by atomic mass is 19.4. The van der Waals surface area contributed by atoms with Gasteiger partial charge in [0.05, 0.1) is 12.2 Å². The van der Waals surface area contributed by atoms with Crippen LogP contribution in [-0.2, 0) is 12.8 Å². The van der Waals surface area contributed by atoms with Crippen LogP contribution in [0.4, 0.5) is 13.2 Å². The van der Waals surface area contributed by atoms with Crippen molar-refractivity contribution in [3.8, 4) is 0 Å². The van der Waals surface area contributed by atoms with E-state index in [0.29, 0.717) is 11.1 Å². The molecule has 1 aromatic carbocycles. The Morgan fingerprint density at radius 1 is 1.20 bits per heavy atom. The average Bonchev–Trinajstić information content (AvgIpc) is 2.99. The van der Waals surface area contributed by atoms with E-state index in [1.54, 1.807) is 6.07 Å². The lowest BCUT2D eigenvalue weighted by atomic mass is 10.0. The first-order valence-corrected chi connectivity index (χ1v) is 4.82. The summed E-state index contributed by atoms with van der Waals surface area (Å²) in [7, 11) is 0. The van der Waals surface area contributed by atoms with Gasteiger partial charge < -0.3 is 5.11 Å². The maximum Gasteiger partial charge on any atom is 0.416 e. The Morgan fingerprint density at radius 2 is 1.87 bits per heavy atom. The van der Waals surface area contributed by atoms with Gasteiger partial charge in [-0.25, -0.2) is 0 Å². The molecule has 0 atom stereocenters. The smallest absolute Gasteiger partial charge is 0.392 e. The monoisotopic (exact) mass is 216 g/mol. The normalized spacial score (nSPS) is 16.8. The van der Waals surface area contributed by atoms with Crippen molar-refractivity contribution < 1.29 is 18.3 Å². The number of alkyl halides is 3. The minimum absolute atomic E-state index is 0.262. The molecule has 0 unspecified atom stereocenters. The Hall–Kier alpha value is -1.03. The fourth-order valence-electron chi connectivity index (χ4n) is 1.63. The molecule has 0 radical (unpaired) electrons. The quantitative estimate of drug-likeness (QED) is 0.805. The van der Waals surface area contributed by atoms with Crippen molar-refractivity contribution in [3.05, 3.63) is 34.9 Å². The fourth-order valence-corrected chi connectivity index (χ4v) is 1.63. The van der Waals surface area contributed by atoms with Gasteiger partial charge in [0, 0.05) is 0 Å². The molecule has 1 fully saturated rings. The number of hydrogen-bond donors (Lipinski definition) is 1. The van der Waals surface area contributed by atoms with Crippen molar-refractivity contribution in [2.45, 2.75) is 31.5 Å². The van der Waals surface area contributed by atoms with Crippen molar-refractivity contribution in [2.75, 3.05) is 0 Å². The molecule has 0 saturated heterocycles. The van der Waals surface area contributed by atoms with Crippen molar-refractivity contribution in [3.63, 3.8) is 0 Å². The average molecular weight is 216 g/mol. The summed E-state index contributed by atoms with van der Waals surface area (Å²) in [5.74, 6) is 0.262. The van der Waals surface area contributed by atoms with Crippen LogP contribution in [0.3, 0.4) is 0 Å². The molecule has 0 heterocycles. The molecule has 1 aliphatic carbocycles.